The fourth-order valence-corrected chi connectivity index (χ4v) is 7.84. The van der Waals surface area contributed by atoms with E-state index in [9.17, 15) is 13.2 Å². The molecule has 1 aliphatic rings. The molecule has 0 radical (unpaired) electrons. The minimum Gasteiger partial charge on any atom is -0.339 e. The molecule has 6 aromatic rings. The SMILES string of the molecule is CN(C(=O)CCN1CCCC1)c1ccc(-c2cnc3[nH]c4ccc(CS(=O)(=O)c5ccccc5)cc4c3c2-c2ccccc2)cc1. The number of hydrogen-bond acceptors (Lipinski definition) is 5. The number of benzene rings is 4. The first-order valence-electron chi connectivity index (χ1n) is 15.7. The van der Waals surface area contributed by atoms with Crippen LogP contribution in [0.3, 0.4) is 0 Å². The van der Waals surface area contributed by atoms with Crippen molar-refractivity contribution in [3.05, 3.63) is 115 Å². The Hall–Kier alpha value is -4.79. The summed E-state index contributed by atoms with van der Waals surface area (Å²) in [6.07, 6.45) is 4.83. The van der Waals surface area contributed by atoms with Crippen LogP contribution in [0.5, 0.6) is 0 Å². The van der Waals surface area contributed by atoms with E-state index in [-0.39, 0.29) is 11.7 Å². The molecule has 0 spiro atoms. The lowest BCUT2D eigenvalue weighted by Crippen LogP contribution is -2.31. The van der Waals surface area contributed by atoms with Crippen LogP contribution in [-0.4, -0.2) is 55.9 Å². The van der Waals surface area contributed by atoms with Crippen molar-refractivity contribution in [3.63, 3.8) is 0 Å². The lowest BCUT2D eigenvalue weighted by molar-refractivity contribution is -0.118. The summed E-state index contributed by atoms with van der Waals surface area (Å²) in [5.74, 6) is 0.00988. The summed E-state index contributed by atoms with van der Waals surface area (Å²) >= 11 is 0. The van der Waals surface area contributed by atoms with Gasteiger partial charge in [0.15, 0.2) is 9.84 Å². The summed E-state index contributed by atoms with van der Waals surface area (Å²) in [5, 5.41) is 1.86. The van der Waals surface area contributed by atoms with Gasteiger partial charge in [-0.1, -0.05) is 66.7 Å². The number of H-pyrrole nitrogens is 1. The molecule has 1 fully saturated rings. The van der Waals surface area contributed by atoms with Gasteiger partial charge in [0, 0.05) is 59.3 Å². The van der Waals surface area contributed by atoms with Crippen LogP contribution < -0.4 is 4.90 Å². The van der Waals surface area contributed by atoms with Crippen LogP contribution in [0.2, 0.25) is 0 Å². The molecule has 1 aliphatic heterocycles. The van der Waals surface area contributed by atoms with Crippen molar-refractivity contribution >= 4 is 43.4 Å². The molecule has 0 aliphatic carbocycles. The Morgan fingerprint density at radius 2 is 1.57 bits per heavy atom. The molecule has 0 saturated carbocycles. The Balaban J connectivity index is 1.27. The van der Waals surface area contributed by atoms with Crippen LogP contribution in [0.4, 0.5) is 5.69 Å². The van der Waals surface area contributed by atoms with E-state index in [1.54, 1.807) is 29.2 Å². The number of nitrogens with zero attached hydrogens (tertiary/aromatic N) is 3. The number of hydrogen-bond donors (Lipinski definition) is 1. The van der Waals surface area contributed by atoms with Gasteiger partial charge in [-0.15, -0.1) is 0 Å². The van der Waals surface area contributed by atoms with Crippen molar-refractivity contribution in [1.29, 1.82) is 0 Å². The first-order chi connectivity index (χ1) is 22.4. The van der Waals surface area contributed by atoms with Gasteiger partial charge >= 0.3 is 0 Å². The van der Waals surface area contributed by atoms with E-state index in [0.29, 0.717) is 16.9 Å². The zero-order valence-corrected chi connectivity index (χ0v) is 26.6. The average Bonchev–Trinajstić information content (AvgIpc) is 3.75. The molecule has 232 valence electrons. The molecule has 8 heteroatoms. The highest BCUT2D eigenvalue weighted by Crippen LogP contribution is 2.41. The van der Waals surface area contributed by atoms with E-state index in [0.717, 1.165) is 69.5 Å². The zero-order chi connectivity index (χ0) is 31.7. The number of anilines is 1. The van der Waals surface area contributed by atoms with Crippen molar-refractivity contribution in [2.45, 2.75) is 29.9 Å². The Bertz CT molecular complexity index is 2120. The molecule has 4 aromatic carbocycles. The lowest BCUT2D eigenvalue weighted by Gasteiger charge is -2.20. The minimum absolute atomic E-state index is 0.0981. The Morgan fingerprint density at radius 3 is 2.28 bits per heavy atom. The molecule has 1 N–H and O–H groups in total. The molecule has 0 atom stereocenters. The predicted octanol–water partition coefficient (Wildman–Crippen LogP) is 7.47. The van der Waals surface area contributed by atoms with Crippen molar-refractivity contribution in [1.82, 2.24) is 14.9 Å². The highest BCUT2D eigenvalue weighted by molar-refractivity contribution is 7.90. The van der Waals surface area contributed by atoms with Gasteiger partial charge in [-0.05, 0) is 79.0 Å². The van der Waals surface area contributed by atoms with Gasteiger partial charge in [0.2, 0.25) is 5.91 Å². The monoisotopic (exact) mass is 628 g/mol. The van der Waals surface area contributed by atoms with Crippen molar-refractivity contribution in [2.24, 2.45) is 0 Å². The third kappa shape index (κ3) is 5.94. The second kappa shape index (κ2) is 12.5. The number of aromatic amines is 1. The van der Waals surface area contributed by atoms with Crippen LogP contribution in [0.25, 0.3) is 44.2 Å². The number of carbonyl (C=O) groups is 1. The number of amides is 1. The fraction of sp³-hybridized carbons (Fsp3) is 0.211. The zero-order valence-electron chi connectivity index (χ0n) is 25.8. The second-order valence-corrected chi connectivity index (χ2v) is 14.0. The van der Waals surface area contributed by atoms with Gasteiger partial charge in [0.25, 0.3) is 0 Å². The summed E-state index contributed by atoms with van der Waals surface area (Å²) in [4.78, 5) is 25.7. The van der Waals surface area contributed by atoms with Crippen LogP contribution in [0, 0.1) is 0 Å². The van der Waals surface area contributed by atoms with Gasteiger partial charge in [0.1, 0.15) is 5.65 Å². The molecule has 2 aromatic heterocycles. The summed E-state index contributed by atoms with van der Waals surface area (Å²) in [6.45, 7) is 2.97. The third-order valence-corrected chi connectivity index (χ3v) is 10.7. The van der Waals surface area contributed by atoms with Crippen molar-refractivity contribution < 1.29 is 13.2 Å². The molecule has 1 amide bonds. The normalized spacial score (nSPS) is 13.8. The van der Waals surface area contributed by atoms with Crippen LogP contribution in [-0.2, 0) is 20.4 Å². The number of sulfone groups is 1. The van der Waals surface area contributed by atoms with E-state index in [1.165, 1.54) is 12.8 Å². The molecule has 7 nitrogen and oxygen atoms in total. The summed E-state index contributed by atoms with van der Waals surface area (Å²) in [6, 6.07) is 32.6. The number of likely N-dealkylation sites (tertiary alicyclic amines) is 1. The van der Waals surface area contributed by atoms with Crippen LogP contribution >= 0.6 is 0 Å². The van der Waals surface area contributed by atoms with E-state index in [2.05, 4.69) is 22.0 Å². The van der Waals surface area contributed by atoms with Crippen LogP contribution in [0.15, 0.2) is 114 Å². The van der Waals surface area contributed by atoms with E-state index >= 15 is 0 Å². The average molecular weight is 629 g/mol. The first kappa shape index (κ1) is 29.9. The quantitative estimate of drug-likeness (QED) is 0.180. The van der Waals surface area contributed by atoms with Gasteiger partial charge in [-0.2, -0.15) is 0 Å². The predicted molar refractivity (Wildman–Crippen MR) is 186 cm³/mol. The molecule has 0 unspecified atom stereocenters. The summed E-state index contributed by atoms with van der Waals surface area (Å²) < 4.78 is 26.5. The molecule has 7 rings (SSSR count). The minimum atomic E-state index is -3.51. The highest BCUT2D eigenvalue weighted by Gasteiger charge is 2.21. The largest absolute Gasteiger partial charge is 0.339 e. The number of carbonyl (C=O) groups excluding carboxylic acids is 1. The number of fused-ring (bicyclic) bond motifs is 3. The maximum absolute atomic E-state index is 13.2. The maximum atomic E-state index is 13.2. The molecule has 1 saturated heterocycles. The number of pyridine rings is 1. The van der Waals surface area contributed by atoms with Gasteiger partial charge in [0.05, 0.1) is 10.6 Å². The lowest BCUT2D eigenvalue weighted by atomic mass is 9.92. The van der Waals surface area contributed by atoms with E-state index in [4.69, 9.17) is 4.98 Å². The van der Waals surface area contributed by atoms with E-state index in [1.807, 2.05) is 80.0 Å². The summed E-state index contributed by atoms with van der Waals surface area (Å²) in [5.41, 5.74) is 7.17. The Morgan fingerprint density at radius 1 is 0.870 bits per heavy atom. The molecule has 0 bridgehead atoms. The fourth-order valence-electron chi connectivity index (χ4n) is 6.48. The topological polar surface area (TPSA) is 86.4 Å². The standard InChI is InChI=1S/C38H36N4O3S/c1-41(35(43)20-23-42-21-8-9-22-42)30-17-15-28(16-18-30)33-25-39-38-37(36(33)29-10-4-2-5-11-29)32-24-27(14-19-34(32)40-38)26-46(44,45)31-12-6-3-7-13-31/h2-7,10-19,24-25H,8-9,20-23,26H2,1H3,(H,39,40). The highest BCUT2D eigenvalue weighted by atomic mass is 32.2. The Kier molecular flexibility index (Phi) is 8.15. The molecular formula is C38H36N4O3S. The smallest absolute Gasteiger partial charge is 0.228 e. The number of nitrogens with one attached hydrogen (secondary N) is 1. The van der Waals surface area contributed by atoms with Crippen LogP contribution in [0.1, 0.15) is 24.8 Å². The van der Waals surface area contributed by atoms with Gasteiger partial charge in [-0.3, -0.25) is 4.79 Å². The van der Waals surface area contributed by atoms with Crippen molar-refractivity contribution in [3.8, 4) is 22.3 Å². The maximum Gasteiger partial charge on any atom is 0.228 e. The summed E-state index contributed by atoms with van der Waals surface area (Å²) in [7, 11) is -1.67. The number of rotatable bonds is 9. The second-order valence-electron chi connectivity index (χ2n) is 12.0. The van der Waals surface area contributed by atoms with Crippen molar-refractivity contribution in [2.75, 3.05) is 31.6 Å². The van der Waals surface area contributed by atoms with E-state index < -0.39 is 9.84 Å². The third-order valence-electron chi connectivity index (χ3n) is 8.99. The van der Waals surface area contributed by atoms with Gasteiger partial charge < -0.3 is 14.8 Å². The molecule has 3 heterocycles. The molecular weight excluding hydrogens is 593 g/mol. The number of aromatic nitrogens is 2. The van der Waals surface area contributed by atoms with Gasteiger partial charge in [-0.25, -0.2) is 13.4 Å². The Labute approximate surface area is 269 Å². The molecule has 46 heavy (non-hydrogen) atoms. The first-order valence-corrected chi connectivity index (χ1v) is 17.4.